The van der Waals surface area contributed by atoms with Crippen LogP contribution in [0.1, 0.15) is 10.4 Å². The number of carboxylic acid groups (broad SMARTS) is 1. The highest BCUT2D eigenvalue weighted by Crippen LogP contribution is 2.37. The van der Waals surface area contributed by atoms with Gasteiger partial charge in [-0.05, 0) is 41.5 Å². The van der Waals surface area contributed by atoms with Crippen molar-refractivity contribution >= 4 is 27.8 Å². The summed E-state index contributed by atoms with van der Waals surface area (Å²) in [5, 5.41) is 9.46. The van der Waals surface area contributed by atoms with Crippen LogP contribution in [0.5, 0.6) is 11.5 Å². The van der Waals surface area contributed by atoms with Crippen molar-refractivity contribution in [3.63, 3.8) is 0 Å². The Morgan fingerprint density at radius 1 is 1.00 bits per heavy atom. The standard InChI is InChI=1S/C18H17NO6S2/c20-18(21)14-7-13(12-1-2-16-17(10-12)25-11-24-16)8-15(9-14)27(22,23)19-3-5-26-6-4-19/h1-2,7-10H,3-6,11H2,(H,20,21). The summed E-state index contributed by atoms with van der Waals surface area (Å²) in [6.45, 7) is 0.966. The quantitative estimate of drug-likeness (QED) is 0.832. The second-order valence-electron chi connectivity index (χ2n) is 6.14. The van der Waals surface area contributed by atoms with Crippen LogP contribution in [-0.4, -0.2) is 55.2 Å². The van der Waals surface area contributed by atoms with E-state index >= 15 is 0 Å². The molecule has 0 radical (unpaired) electrons. The first-order chi connectivity index (χ1) is 12.9. The lowest BCUT2D eigenvalue weighted by Gasteiger charge is -2.26. The number of hydrogen-bond acceptors (Lipinski definition) is 6. The molecule has 1 N–H and O–H groups in total. The summed E-state index contributed by atoms with van der Waals surface area (Å²) in [5.41, 5.74) is 1.08. The fourth-order valence-corrected chi connectivity index (χ4v) is 5.70. The molecule has 2 aliphatic heterocycles. The van der Waals surface area contributed by atoms with Gasteiger partial charge in [0.25, 0.3) is 0 Å². The predicted octanol–water partition coefficient (Wildman–Crippen LogP) is 2.52. The van der Waals surface area contributed by atoms with E-state index in [0.717, 1.165) is 11.5 Å². The van der Waals surface area contributed by atoms with Crippen LogP contribution in [0.2, 0.25) is 0 Å². The van der Waals surface area contributed by atoms with Crippen molar-refractivity contribution in [3.8, 4) is 22.6 Å². The minimum absolute atomic E-state index is 0.0121. The van der Waals surface area contributed by atoms with Gasteiger partial charge in [-0.1, -0.05) is 6.07 Å². The van der Waals surface area contributed by atoms with Crippen molar-refractivity contribution < 1.29 is 27.8 Å². The molecule has 27 heavy (non-hydrogen) atoms. The third-order valence-electron chi connectivity index (χ3n) is 4.47. The predicted molar refractivity (Wildman–Crippen MR) is 101 cm³/mol. The van der Waals surface area contributed by atoms with Crippen molar-refractivity contribution in [2.45, 2.75) is 4.90 Å². The van der Waals surface area contributed by atoms with Crippen LogP contribution in [-0.2, 0) is 10.0 Å². The van der Waals surface area contributed by atoms with Gasteiger partial charge in [0.15, 0.2) is 11.5 Å². The molecule has 0 bridgehead atoms. The number of hydrogen-bond donors (Lipinski definition) is 1. The number of fused-ring (bicyclic) bond motifs is 1. The van der Waals surface area contributed by atoms with Crippen LogP contribution in [0.15, 0.2) is 41.3 Å². The fraction of sp³-hybridized carbons (Fsp3) is 0.278. The summed E-state index contributed by atoms with van der Waals surface area (Å²) in [7, 11) is -3.76. The molecule has 2 heterocycles. The number of aromatic carboxylic acids is 1. The smallest absolute Gasteiger partial charge is 0.335 e. The highest BCUT2D eigenvalue weighted by Gasteiger charge is 2.28. The lowest BCUT2D eigenvalue weighted by molar-refractivity contribution is 0.0696. The average molecular weight is 407 g/mol. The Hall–Kier alpha value is -2.23. The third-order valence-corrected chi connectivity index (χ3v) is 7.29. The van der Waals surface area contributed by atoms with Gasteiger partial charge in [-0.2, -0.15) is 16.1 Å². The molecule has 0 amide bonds. The highest BCUT2D eigenvalue weighted by atomic mass is 32.2. The average Bonchev–Trinajstić information content (AvgIpc) is 3.16. The molecule has 142 valence electrons. The zero-order chi connectivity index (χ0) is 19.0. The molecule has 1 saturated heterocycles. The van der Waals surface area contributed by atoms with Gasteiger partial charge in [0.1, 0.15) is 0 Å². The second-order valence-corrected chi connectivity index (χ2v) is 9.30. The zero-order valence-corrected chi connectivity index (χ0v) is 15.9. The summed E-state index contributed by atoms with van der Waals surface area (Å²) in [5.74, 6) is 1.43. The molecule has 0 atom stereocenters. The van der Waals surface area contributed by atoms with E-state index in [0.29, 0.717) is 35.7 Å². The van der Waals surface area contributed by atoms with E-state index in [1.165, 1.54) is 22.5 Å². The number of carbonyl (C=O) groups is 1. The van der Waals surface area contributed by atoms with E-state index in [1.54, 1.807) is 30.0 Å². The first-order valence-electron chi connectivity index (χ1n) is 8.31. The zero-order valence-electron chi connectivity index (χ0n) is 14.3. The van der Waals surface area contributed by atoms with Crippen LogP contribution >= 0.6 is 11.8 Å². The number of thioether (sulfide) groups is 1. The Kier molecular flexibility index (Phi) is 4.75. The minimum atomic E-state index is -3.76. The largest absolute Gasteiger partial charge is 0.478 e. The van der Waals surface area contributed by atoms with Crippen molar-refractivity contribution in [2.24, 2.45) is 0 Å². The molecule has 2 aromatic carbocycles. The molecular weight excluding hydrogens is 390 g/mol. The first kappa shape index (κ1) is 18.1. The van der Waals surface area contributed by atoms with Gasteiger partial charge in [0.2, 0.25) is 16.8 Å². The SMILES string of the molecule is O=C(O)c1cc(-c2ccc3c(c2)OCO3)cc(S(=O)(=O)N2CCSCC2)c1. The van der Waals surface area contributed by atoms with Crippen molar-refractivity contribution in [1.82, 2.24) is 4.31 Å². The monoisotopic (exact) mass is 407 g/mol. The Morgan fingerprint density at radius 3 is 2.48 bits per heavy atom. The van der Waals surface area contributed by atoms with Crippen molar-refractivity contribution in [1.29, 1.82) is 0 Å². The molecule has 7 nitrogen and oxygen atoms in total. The van der Waals surface area contributed by atoms with Crippen LogP contribution in [0.3, 0.4) is 0 Å². The summed E-state index contributed by atoms with van der Waals surface area (Å²) in [6.07, 6.45) is 0. The number of sulfonamides is 1. The van der Waals surface area contributed by atoms with Crippen LogP contribution < -0.4 is 9.47 Å². The van der Waals surface area contributed by atoms with Gasteiger partial charge in [0, 0.05) is 24.6 Å². The lowest BCUT2D eigenvalue weighted by atomic mass is 10.0. The van der Waals surface area contributed by atoms with E-state index in [4.69, 9.17) is 9.47 Å². The summed E-state index contributed by atoms with van der Waals surface area (Å²) in [4.78, 5) is 11.6. The molecule has 2 aromatic rings. The van der Waals surface area contributed by atoms with Gasteiger partial charge in [-0.25, -0.2) is 13.2 Å². The fourth-order valence-electron chi connectivity index (χ4n) is 3.05. The molecule has 1 fully saturated rings. The highest BCUT2D eigenvalue weighted by molar-refractivity contribution is 7.99. The molecule has 9 heteroatoms. The molecule has 4 rings (SSSR count). The van der Waals surface area contributed by atoms with E-state index in [9.17, 15) is 18.3 Å². The summed E-state index contributed by atoms with van der Waals surface area (Å²) >= 11 is 1.70. The maximum Gasteiger partial charge on any atom is 0.335 e. The maximum absolute atomic E-state index is 13.0. The van der Waals surface area contributed by atoms with Gasteiger partial charge >= 0.3 is 5.97 Å². The first-order valence-corrected chi connectivity index (χ1v) is 10.9. The van der Waals surface area contributed by atoms with Crippen molar-refractivity contribution in [2.75, 3.05) is 31.4 Å². The number of benzene rings is 2. The Bertz CT molecular complexity index is 999. The van der Waals surface area contributed by atoms with E-state index < -0.39 is 16.0 Å². The van der Waals surface area contributed by atoms with Crippen LogP contribution in [0, 0.1) is 0 Å². The summed E-state index contributed by atoms with van der Waals surface area (Å²) in [6, 6.07) is 9.39. The molecular formula is C18H17NO6S2. The molecule has 0 aromatic heterocycles. The van der Waals surface area contributed by atoms with Crippen molar-refractivity contribution in [3.05, 3.63) is 42.0 Å². The molecule has 0 unspecified atom stereocenters. The van der Waals surface area contributed by atoms with Gasteiger partial charge < -0.3 is 14.6 Å². The maximum atomic E-state index is 13.0. The van der Waals surface area contributed by atoms with E-state index in [1.807, 2.05) is 0 Å². The molecule has 0 aliphatic carbocycles. The van der Waals surface area contributed by atoms with Gasteiger partial charge in [-0.15, -0.1) is 0 Å². The molecule has 2 aliphatic rings. The van der Waals surface area contributed by atoms with E-state index in [2.05, 4.69) is 0 Å². The van der Waals surface area contributed by atoms with Gasteiger partial charge in [-0.3, -0.25) is 0 Å². The third kappa shape index (κ3) is 3.50. The number of carboxylic acids is 1. The Balaban J connectivity index is 1.80. The summed E-state index contributed by atoms with van der Waals surface area (Å²) < 4.78 is 38.1. The molecule has 0 saturated carbocycles. The minimum Gasteiger partial charge on any atom is -0.478 e. The van der Waals surface area contributed by atoms with Crippen LogP contribution in [0.25, 0.3) is 11.1 Å². The number of ether oxygens (including phenoxy) is 2. The molecule has 0 spiro atoms. The van der Waals surface area contributed by atoms with Crippen LogP contribution in [0.4, 0.5) is 0 Å². The second kappa shape index (κ2) is 7.06. The van der Waals surface area contributed by atoms with Gasteiger partial charge in [0.05, 0.1) is 10.5 Å². The lowest BCUT2D eigenvalue weighted by Crippen LogP contribution is -2.37. The topological polar surface area (TPSA) is 93.1 Å². The number of rotatable bonds is 4. The Morgan fingerprint density at radius 2 is 1.74 bits per heavy atom. The number of nitrogens with zero attached hydrogens (tertiary/aromatic N) is 1. The normalized spacial score (nSPS) is 17.0. The van der Waals surface area contributed by atoms with E-state index in [-0.39, 0.29) is 17.3 Å². The Labute approximate surface area is 160 Å².